The van der Waals surface area contributed by atoms with Crippen LogP contribution < -0.4 is 10.6 Å². The van der Waals surface area contributed by atoms with Crippen LogP contribution in [-0.2, 0) is 4.74 Å². The monoisotopic (exact) mass is 244 g/mol. The topological polar surface area (TPSA) is 50.4 Å². The highest BCUT2D eigenvalue weighted by molar-refractivity contribution is 5.67. The summed E-state index contributed by atoms with van der Waals surface area (Å²) < 4.78 is 5.13. The predicted octanol–water partition coefficient (Wildman–Crippen LogP) is 2.54. The number of amides is 1. The van der Waals surface area contributed by atoms with Gasteiger partial charge in [-0.3, -0.25) is 0 Å². The van der Waals surface area contributed by atoms with E-state index in [-0.39, 0.29) is 6.09 Å². The molecule has 102 valence electrons. The maximum Gasteiger partial charge on any atom is 0.407 e. The molecule has 0 radical (unpaired) electrons. The summed E-state index contributed by atoms with van der Waals surface area (Å²) in [4.78, 5) is 11.3. The Morgan fingerprint density at radius 1 is 1.29 bits per heavy atom. The van der Waals surface area contributed by atoms with Crippen LogP contribution in [0.15, 0.2) is 0 Å². The summed E-state index contributed by atoms with van der Waals surface area (Å²) in [7, 11) is 0. The molecule has 17 heavy (non-hydrogen) atoms. The van der Waals surface area contributed by atoms with Gasteiger partial charge in [0.05, 0.1) is 0 Å². The molecule has 0 rings (SSSR count). The van der Waals surface area contributed by atoms with Crippen molar-refractivity contribution in [2.75, 3.05) is 19.6 Å². The van der Waals surface area contributed by atoms with Crippen molar-refractivity contribution in [1.82, 2.24) is 10.6 Å². The normalized spacial score (nSPS) is 13.2. The maximum absolute atomic E-state index is 11.3. The molecule has 2 N–H and O–H groups in total. The maximum atomic E-state index is 11.3. The second kappa shape index (κ2) is 8.34. The van der Waals surface area contributed by atoms with Gasteiger partial charge in [-0.1, -0.05) is 20.3 Å². The Hall–Kier alpha value is -0.770. The Labute approximate surface area is 105 Å². The molecule has 0 aliphatic heterocycles. The molecular formula is C13H28N2O2. The first-order valence-corrected chi connectivity index (χ1v) is 6.52. The van der Waals surface area contributed by atoms with Gasteiger partial charge in [-0.15, -0.1) is 0 Å². The molecule has 4 nitrogen and oxygen atoms in total. The lowest BCUT2D eigenvalue weighted by molar-refractivity contribution is 0.0528. The standard InChI is InChI=1S/C13H28N2O2/c1-6-7-11(2)10-14-8-9-15-12(16)17-13(3,4)5/h11,14H,6-10H2,1-5H3,(H,15,16). The highest BCUT2D eigenvalue weighted by Crippen LogP contribution is 2.06. The molecule has 1 atom stereocenters. The summed E-state index contributed by atoms with van der Waals surface area (Å²) in [6.07, 6.45) is 2.12. The van der Waals surface area contributed by atoms with E-state index in [9.17, 15) is 4.79 Å². The number of rotatable bonds is 7. The first kappa shape index (κ1) is 16.2. The number of carbonyl (C=O) groups is 1. The minimum atomic E-state index is -0.423. The summed E-state index contributed by atoms with van der Waals surface area (Å²) in [6.45, 7) is 12.4. The van der Waals surface area contributed by atoms with Crippen LogP contribution in [0.25, 0.3) is 0 Å². The highest BCUT2D eigenvalue weighted by atomic mass is 16.6. The van der Waals surface area contributed by atoms with Crippen LogP contribution in [0.2, 0.25) is 0 Å². The molecule has 0 aromatic carbocycles. The second-order valence-corrected chi connectivity index (χ2v) is 5.53. The zero-order valence-electron chi connectivity index (χ0n) is 11.9. The number of hydrogen-bond donors (Lipinski definition) is 2. The Morgan fingerprint density at radius 2 is 1.94 bits per heavy atom. The number of nitrogens with one attached hydrogen (secondary N) is 2. The summed E-state index contributed by atoms with van der Waals surface area (Å²) in [5.74, 6) is 0.696. The molecule has 0 aliphatic carbocycles. The van der Waals surface area contributed by atoms with Gasteiger partial charge in [0, 0.05) is 13.1 Å². The third-order valence-corrected chi connectivity index (χ3v) is 2.24. The lowest BCUT2D eigenvalue weighted by atomic mass is 10.1. The van der Waals surface area contributed by atoms with E-state index < -0.39 is 5.60 Å². The van der Waals surface area contributed by atoms with Crippen LogP contribution in [-0.4, -0.2) is 31.3 Å². The summed E-state index contributed by atoms with van der Waals surface area (Å²) in [6, 6.07) is 0. The van der Waals surface area contributed by atoms with Crippen molar-refractivity contribution in [3.63, 3.8) is 0 Å². The van der Waals surface area contributed by atoms with Gasteiger partial charge < -0.3 is 15.4 Å². The molecule has 0 fully saturated rings. The van der Waals surface area contributed by atoms with Crippen molar-refractivity contribution in [2.45, 2.75) is 53.1 Å². The molecule has 0 aromatic heterocycles. The van der Waals surface area contributed by atoms with Gasteiger partial charge in [0.2, 0.25) is 0 Å². The fourth-order valence-corrected chi connectivity index (χ4v) is 1.51. The molecule has 0 saturated carbocycles. The highest BCUT2D eigenvalue weighted by Gasteiger charge is 2.15. The minimum absolute atomic E-state index is 0.346. The Bertz CT molecular complexity index is 212. The molecular weight excluding hydrogens is 216 g/mol. The smallest absolute Gasteiger partial charge is 0.407 e. The van der Waals surface area contributed by atoms with Crippen LogP contribution in [0.1, 0.15) is 47.5 Å². The fraction of sp³-hybridized carbons (Fsp3) is 0.923. The number of alkyl carbamates (subject to hydrolysis) is 1. The predicted molar refractivity (Wildman–Crippen MR) is 71.2 cm³/mol. The Kier molecular flexibility index (Phi) is 7.96. The van der Waals surface area contributed by atoms with Gasteiger partial charge >= 0.3 is 6.09 Å². The van der Waals surface area contributed by atoms with E-state index in [1.165, 1.54) is 12.8 Å². The van der Waals surface area contributed by atoms with Crippen molar-refractivity contribution >= 4 is 6.09 Å². The van der Waals surface area contributed by atoms with E-state index in [0.29, 0.717) is 12.5 Å². The largest absolute Gasteiger partial charge is 0.444 e. The number of hydrogen-bond acceptors (Lipinski definition) is 3. The summed E-state index contributed by atoms with van der Waals surface area (Å²) >= 11 is 0. The molecule has 1 unspecified atom stereocenters. The van der Waals surface area contributed by atoms with Crippen LogP contribution in [0.5, 0.6) is 0 Å². The quantitative estimate of drug-likeness (QED) is 0.677. The zero-order chi connectivity index (χ0) is 13.3. The fourth-order valence-electron chi connectivity index (χ4n) is 1.51. The van der Waals surface area contributed by atoms with Gasteiger partial charge in [-0.05, 0) is 39.7 Å². The number of carbonyl (C=O) groups excluding carboxylic acids is 1. The van der Waals surface area contributed by atoms with Crippen LogP contribution in [0.3, 0.4) is 0 Å². The Balaban J connectivity index is 3.43. The second-order valence-electron chi connectivity index (χ2n) is 5.53. The van der Waals surface area contributed by atoms with E-state index in [2.05, 4.69) is 24.5 Å². The van der Waals surface area contributed by atoms with Gasteiger partial charge in [0.25, 0.3) is 0 Å². The van der Waals surface area contributed by atoms with Crippen LogP contribution in [0, 0.1) is 5.92 Å². The Morgan fingerprint density at radius 3 is 2.47 bits per heavy atom. The third-order valence-electron chi connectivity index (χ3n) is 2.24. The average molecular weight is 244 g/mol. The molecule has 4 heteroatoms. The molecule has 0 bridgehead atoms. The molecule has 0 saturated heterocycles. The van der Waals surface area contributed by atoms with Crippen molar-refractivity contribution in [1.29, 1.82) is 0 Å². The van der Waals surface area contributed by atoms with Crippen LogP contribution in [0.4, 0.5) is 4.79 Å². The summed E-state index contributed by atoms with van der Waals surface area (Å²) in [5, 5.41) is 6.04. The van der Waals surface area contributed by atoms with E-state index in [1.807, 2.05) is 20.8 Å². The summed E-state index contributed by atoms with van der Waals surface area (Å²) in [5.41, 5.74) is -0.423. The van der Waals surface area contributed by atoms with Gasteiger partial charge in [0.15, 0.2) is 0 Å². The van der Waals surface area contributed by atoms with Crippen molar-refractivity contribution in [3.8, 4) is 0 Å². The van der Waals surface area contributed by atoms with E-state index in [1.54, 1.807) is 0 Å². The minimum Gasteiger partial charge on any atom is -0.444 e. The van der Waals surface area contributed by atoms with E-state index >= 15 is 0 Å². The molecule has 0 heterocycles. The van der Waals surface area contributed by atoms with Crippen molar-refractivity contribution < 1.29 is 9.53 Å². The molecule has 0 spiro atoms. The van der Waals surface area contributed by atoms with Gasteiger partial charge in [-0.25, -0.2) is 4.79 Å². The molecule has 1 amide bonds. The van der Waals surface area contributed by atoms with Gasteiger partial charge in [-0.2, -0.15) is 0 Å². The van der Waals surface area contributed by atoms with Crippen molar-refractivity contribution in [2.24, 2.45) is 5.92 Å². The zero-order valence-corrected chi connectivity index (χ0v) is 11.9. The van der Waals surface area contributed by atoms with Gasteiger partial charge in [0.1, 0.15) is 5.60 Å². The first-order chi connectivity index (χ1) is 7.85. The SMILES string of the molecule is CCCC(C)CNCCNC(=O)OC(C)(C)C. The molecule has 0 aromatic rings. The molecule has 0 aliphatic rings. The van der Waals surface area contributed by atoms with E-state index in [0.717, 1.165) is 13.1 Å². The lowest BCUT2D eigenvalue weighted by Gasteiger charge is -2.19. The number of ether oxygens (including phenoxy) is 1. The third kappa shape index (κ3) is 11.5. The van der Waals surface area contributed by atoms with Crippen molar-refractivity contribution in [3.05, 3.63) is 0 Å². The van der Waals surface area contributed by atoms with E-state index in [4.69, 9.17) is 4.74 Å². The lowest BCUT2D eigenvalue weighted by Crippen LogP contribution is -2.37. The average Bonchev–Trinajstić information content (AvgIpc) is 2.14. The first-order valence-electron chi connectivity index (χ1n) is 6.52. The van der Waals surface area contributed by atoms with Crippen LogP contribution >= 0.6 is 0 Å².